The van der Waals surface area contributed by atoms with Crippen LogP contribution in [-0.2, 0) is 4.74 Å². The van der Waals surface area contributed by atoms with E-state index in [0.29, 0.717) is 17.6 Å². The van der Waals surface area contributed by atoms with Crippen molar-refractivity contribution in [2.45, 2.75) is 52.7 Å². The Balaban J connectivity index is 1.98. The number of ether oxygens (including phenoxy) is 1. The first-order valence-electron chi connectivity index (χ1n) is 6.41. The Bertz CT molecular complexity index is 219. The quantitative estimate of drug-likeness (QED) is 0.661. The molecule has 0 amide bonds. The zero-order valence-corrected chi connectivity index (χ0v) is 10.6. The number of hydrogen-bond acceptors (Lipinski definition) is 2. The number of nitrogens with zero attached hydrogens (tertiary/aromatic N) is 1. The molecule has 2 rings (SSSR count). The minimum absolute atomic E-state index is 0.468. The summed E-state index contributed by atoms with van der Waals surface area (Å²) in [7, 11) is 0. The SMILES string of the molecule is CC1OCC2(CCN(C(C)C)CC2)C1C. The third kappa shape index (κ3) is 1.94. The van der Waals surface area contributed by atoms with Crippen molar-refractivity contribution in [3.63, 3.8) is 0 Å². The highest BCUT2D eigenvalue weighted by atomic mass is 16.5. The first-order valence-corrected chi connectivity index (χ1v) is 6.41. The van der Waals surface area contributed by atoms with E-state index in [9.17, 15) is 0 Å². The predicted molar refractivity (Wildman–Crippen MR) is 63.0 cm³/mol. The summed E-state index contributed by atoms with van der Waals surface area (Å²) >= 11 is 0. The molecule has 2 aliphatic rings. The topological polar surface area (TPSA) is 12.5 Å². The minimum Gasteiger partial charge on any atom is -0.378 e. The van der Waals surface area contributed by atoms with Crippen molar-refractivity contribution in [2.75, 3.05) is 19.7 Å². The van der Waals surface area contributed by atoms with Gasteiger partial charge in [0.2, 0.25) is 0 Å². The van der Waals surface area contributed by atoms with Crippen LogP contribution in [0.1, 0.15) is 40.5 Å². The molecular formula is C13H25NO. The summed E-state index contributed by atoms with van der Waals surface area (Å²) in [5.41, 5.74) is 0.505. The molecule has 88 valence electrons. The molecule has 2 aliphatic heterocycles. The molecule has 15 heavy (non-hydrogen) atoms. The second-order valence-corrected chi connectivity index (χ2v) is 5.80. The Morgan fingerprint density at radius 2 is 1.80 bits per heavy atom. The van der Waals surface area contributed by atoms with Crippen molar-refractivity contribution in [3.8, 4) is 0 Å². The fourth-order valence-corrected chi connectivity index (χ4v) is 3.16. The van der Waals surface area contributed by atoms with Gasteiger partial charge in [0.25, 0.3) is 0 Å². The van der Waals surface area contributed by atoms with Crippen molar-refractivity contribution in [3.05, 3.63) is 0 Å². The molecule has 0 N–H and O–H groups in total. The van der Waals surface area contributed by atoms with Gasteiger partial charge in [0, 0.05) is 11.5 Å². The van der Waals surface area contributed by atoms with E-state index in [1.165, 1.54) is 25.9 Å². The van der Waals surface area contributed by atoms with Crippen LogP contribution in [0.5, 0.6) is 0 Å². The van der Waals surface area contributed by atoms with Gasteiger partial charge in [0.15, 0.2) is 0 Å². The summed E-state index contributed by atoms with van der Waals surface area (Å²) in [6.45, 7) is 12.7. The van der Waals surface area contributed by atoms with Crippen LogP contribution in [0.15, 0.2) is 0 Å². The Morgan fingerprint density at radius 1 is 1.20 bits per heavy atom. The average molecular weight is 211 g/mol. The molecule has 2 nitrogen and oxygen atoms in total. The minimum atomic E-state index is 0.468. The molecule has 0 aliphatic carbocycles. The van der Waals surface area contributed by atoms with Crippen molar-refractivity contribution >= 4 is 0 Å². The lowest BCUT2D eigenvalue weighted by Gasteiger charge is -2.43. The lowest BCUT2D eigenvalue weighted by Crippen LogP contribution is -2.46. The molecule has 2 heteroatoms. The summed E-state index contributed by atoms with van der Waals surface area (Å²) in [6.07, 6.45) is 3.13. The van der Waals surface area contributed by atoms with Gasteiger partial charge in [-0.15, -0.1) is 0 Å². The number of likely N-dealkylation sites (tertiary alicyclic amines) is 1. The monoisotopic (exact) mass is 211 g/mol. The van der Waals surface area contributed by atoms with Gasteiger partial charge >= 0.3 is 0 Å². The van der Waals surface area contributed by atoms with Crippen LogP contribution in [0.25, 0.3) is 0 Å². The summed E-state index contributed by atoms with van der Waals surface area (Å²) in [4.78, 5) is 2.60. The lowest BCUT2D eigenvalue weighted by atomic mass is 9.70. The third-order valence-corrected chi connectivity index (χ3v) is 4.83. The van der Waals surface area contributed by atoms with E-state index in [4.69, 9.17) is 4.74 Å². The van der Waals surface area contributed by atoms with E-state index in [0.717, 1.165) is 12.5 Å². The van der Waals surface area contributed by atoms with Crippen molar-refractivity contribution < 1.29 is 4.74 Å². The Kier molecular flexibility index (Phi) is 3.09. The Hall–Kier alpha value is -0.0800. The van der Waals surface area contributed by atoms with Crippen LogP contribution in [-0.4, -0.2) is 36.7 Å². The van der Waals surface area contributed by atoms with Crippen LogP contribution >= 0.6 is 0 Å². The van der Waals surface area contributed by atoms with Gasteiger partial charge in [-0.1, -0.05) is 6.92 Å². The maximum absolute atomic E-state index is 5.84. The molecule has 1 spiro atoms. The maximum Gasteiger partial charge on any atom is 0.0578 e. The van der Waals surface area contributed by atoms with E-state index in [1.807, 2.05) is 0 Å². The molecule has 0 aromatic carbocycles. The van der Waals surface area contributed by atoms with Crippen LogP contribution in [0, 0.1) is 11.3 Å². The molecule has 2 heterocycles. The molecule has 0 saturated carbocycles. The fourth-order valence-electron chi connectivity index (χ4n) is 3.16. The first-order chi connectivity index (χ1) is 7.05. The highest BCUT2D eigenvalue weighted by Gasteiger charge is 2.46. The molecule has 0 aromatic heterocycles. The van der Waals surface area contributed by atoms with E-state index in [-0.39, 0.29) is 0 Å². The van der Waals surface area contributed by atoms with Gasteiger partial charge < -0.3 is 9.64 Å². The van der Waals surface area contributed by atoms with Gasteiger partial charge in [0.1, 0.15) is 0 Å². The molecule has 0 radical (unpaired) electrons. The van der Waals surface area contributed by atoms with Gasteiger partial charge in [-0.2, -0.15) is 0 Å². The number of piperidine rings is 1. The van der Waals surface area contributed by atoms with Crippen LogP contribution in [0.4, 0.5) is 0 Å². The van der Waals surface area contributed by atoms with Crippen LogP contribution < -0.4 is 0 Å². The predicted octanol–water partition coefficient (Wildman–Crippen LogP) is 2.53. The zero-order chi connectivity index (χ0) is 11.1. The van der Waals surface area contributed by atoms with E-state index < -0.39 is 0 Å². The second kappa shape index (κ2) is 4.06. The van der Waals surface area contributed by atoms with Crippen molar-refractivity contribution in [1.29, 1.82) is 0 Å². The zero-order valence-electron chi connectivity index (χ0n) is 10.6. The smallest absolute Gasteiger partial charge is 0.0578 e. The highest BCUT2D eigenvalue weighted by Crippen LogP contribution is 2.46. The fraction of sp³-hybridized carbons (Fsp3) is 1.00. The lowest BCUT2D eigenvalue weighted by molar-refractivity contribution is 0.0513. The van der Waals surface area contributed by atoms with E-state index in [1.54, 1.807) is 0 Å². The van der Waals surface area contributed by atoms with E-state index >= 15 is 0 Å². The molecule has 2 fully saturated rings. The standard InChI is InChI=1S/C13H25NO/c1-10(2)14-7-5-13(6-8-14)9-15-12(4)11(13)3/h10-12H,5-9H2,1-4H3. The molecule has 0 aromatic rings. The van der Waals surface area contributed by atoms with Crippen LogP contribution in [0.2, 0.25) is 0 Å². The van der Waals surface area contributed by atoms with E-state index in [2.05, 4.69) is 32.6 Å². The first kappa shape index (κ1) is 11.4. The highest BCUT2D eigenvalue weighted by molar-refractivity contribution is 4.96. The maximum atomic E-state index is 5.84. The summed E-state index contributed by atoms with van der Waals surface area (Å²) in [5.74, 6) is 0.742. The Morgan fingerprint density at radius 3 is 2.20 bits per heavy atom. The Labute approximate surface area is 94.0 Å². The van der Waals surface area contributed by atoms with Gasteiger partial charge in [-0.3, -0.25) is 0 Å². The second-order valence-electron chi connectivity index (χ2n) is 5.80. The number of hydrogen-bond donors (Lipinski definition) is 0. The van der Waals surface area contributed by atoms with Gasteiger partial charge in [-0.25, -0.2) is 0 Å². The van der Waals surface area contributed by atoms with Gasteiger partial charge in [0.05, 0.1) is 12.7 Å². The molecule has 2 saturated heterocycles. The summed E-state index contributed by atoms with van der Waals surface area (Å²) in [6, 6.07) is 0.706. The van der Waals surface area contributed by atoms with Crippen molar-refractivity contribution in [2.24, 2.45) is 11.3 Å². The van der Waals surface area contributed by atoms with Crippen molar-refractivity contribution in [1.82, 2.24) is 4.90 Å². The largest absolute Gasteiger partial charge is 0.378 e. The third-order valence-electron chi connectivity index (χ3n) is 4.83. The summed E-state index contributed by atoms with van der Waals surface area (Å²) in [5, 5.41) is 0. The molecular weight excluding hydrogens is 186 g/mol. The van der Waals surface area contributed by atoms with Crippen LogP contribution in [0.3, 0.4) is 0 Å². The molecule has 2 atom stereocenters. The molecule has 0 bridgehead atoms. The normalized spacial score (nSPS) is 36.6. The molecule has 2 unspecified atom stereocenters. The summed E-state index contributed by atoms with van der Waals surface area (Å²) < 4.78 is 5.84. The van der Waals surface area contributed by atoms with Gasteiger partial charge in [-0.05, 0) is 52.6 Å². The average Bonchev–Trinajstić information content (AvgIpc) is 2.48. The number of rotatable bonds is 1.